The van der Waals surface area contributed by atoms with Crippen LogP contribution in [0.25, 0.3) is 5.76 Å². The fourth-order valence-corrected chi connectivity index (χ4v) is 5.87. The molecule has 2 atom stereocenters. The molecule has 1 fully saturated rings. The monoisotopic (exact) mass is 532 g/mol. The number of nitrogens with zero attached hydrogens (tertiary/aromatic N) is 2. The van der Waals surface area contributed by atoms with Crippen molar-refractivity contribution in [2.45, 2.75) is 52.7 Å². The largest absolute Gasteiger partial charge is 0.507 e. The average molecular weight is 533 g/mol. The van der Waals surface area contributed by atoms with Gasteiger partial charge < -0.3 is 14.6 Å². The molecule has 0 spiro atoms. The van der Waals surface area contributed by atoms with Crippen LogP contribution in [0.5, 0.6) is 11.5 Å². The van der Waals surface area contributed by atoms with Crippen LogP contribution < -0.4 is 14.4 Å². The van der Waals surface area contributed by atoms with E-state index in [2.05, 4.69) is 4.98 Å². The minimum Gasteiger partial charge on any atom is -0.507 e. The van der Waals surface area contributed by atoms with Gasteiger partial charge in [0.1, 0.15) is 23.4 Å². The number of amides is 1. The first-order chi connectivity index (χ1) is 18.2. The summed E-state index contributed by atoms with van der Waals surface area (Å²) in [6, 6.07) is 11.4. The number of hydrogen-bond acceptors (Lipinski definition) is 8. The van der Waals surface area contributed by atoms with Crippen LogP contribution in [-0.2, 0) is 16.0 Å². The van der Waals surface area contributed by atoms with E-state index >= 15 is 0 Å². The average Bonchev–Trinajstić information content (AvgIpc) is 3.54. The fraction of sp³-hybridized carbons (Fsp3) is 0.310. The summed E-state index contributed by atoms with van der Waals surface area (Å²) in [6.07, 6.45) is 1.51. The van der Waals surface area contributed by atoms with Gasteiger partial charge in [0, 0.05) is 18.9 Å². The summed E-state index contributed by atoms with van der Waals surface area (Å²) in [6.45, 7) is 7.59. The first-order valence-corrected chi connectivity index (χ1v) is 13.3. The van der Waals surface area contributed by atoms with Gasteiger partial charge in [-0.25, -0.2) is 4.98 Å². The van der Waals surface area contributed by atoms with Gasteiger partial charge in [-0.1, -0.05) is 30.4 Å². The molecule has 1 aromatic heterocycles. The van der Waals surface area contributed by atoms with Crippen molar-refractivity contribution in [3.05, 3.63) is 75.3 Å². The minimum absolute atomic E-state index is 0.0162. The SMILES string of the molecule is CCCOc1cccc(C2/C(=C(/O)c3ccc4c(c3)CC(C)O4)C(=O)C(=O)N2c2nc(C)c(C(C)=O)s2)c1. The Morgan fingerprint density at radius 2 is 2.03 bits per heavy atom. The summed E-state index contributed by atoms with van der Waals surface area (Å²) in [5.74, 6) is -0.782. The molecule has 2 aromatic carbocycles. The molecule has 3 aromatic rings. The van der Waals surface area contributed by atoms with Crippen molar-refractivity contribution >= 4 is 39.7 Å². The highest BCUT2D eigenvalue weighted by Gasteiger charge is 2.48. The molecule has 9 heteroatoms. The number of aromatic nitrogens is 1. The quantitative estimate of drug-likeness (QED) is 0.188. The minimum atomic E-state index is -0.964. The van der Waals surface area contributed by atoms with Crippen molar-refractivity contribution in [1.82, 2.24) is 4.98 Å². The number of aliphatic hydroxyl groups is 1. The summed E-state index contributed by atoms with van der Waals surface area (Å²) in [5.41, 5.74) is 2.35. The maximum atomic E-state index is 13.5. The lowest BCUT2D eigenvalue weighted by molar-refractivity contribution is -0.132. The number of hydrogen-bond donors (Lipinski definition) is 1. The Balaban J connectivity index is 1.68. The molecule has 0 radical (unpaired) electrons. The predicted molar refractivity (Wildman–Crippen MR) is 144 cm³/mol. The molecule has 196 valence electrons. The molecule has 5 rings (SSSR count). The second kappa shape index (κ2) is 10.1. The molecular formula is C29H28N2O6S. The summed E-state index contributed by atoms with van der Waals surface area (Å²) in [7, 11) is 0. The third-order valence-corrected chi connectivity index (χ3v) is 7.83. The number of ether oxygens (including phenoxy) is 2. The Bertz CT molecular complexity index is 1490. The van der Waals surface area contributed by atoms with Crippen molar-refractivity contribution in [3.63, 3.8) is 0 Å². The van der Waals surface area contributed by atoms with Crippen LogP contribution >= 0.6 is 11.3 Å². The van der Waals surface area contributed by atoms with Crippen LogP contribution in [0.4, 0.5) is 5.13 Å². The second-order valence-electron chi connectivity index (χ2n) is 9.51. The molecule has 2 aliphatic rings. The molecule has 2 unspecified atom stereocenters. The second-order valence-corrected chi connectivity index (χ2v) is 10.5. The molecular weight excluding hydrogens is 504 g/mol. The van der Waals surface area contributed by atoms with Crippen LogP contribution in [0.3, 0.4) is 0 Å². The summed E-state index contributed by atoms with van der Waals surface area (Å²) < 4.78 is 11.6. The standard InChI is InChI=1S/C29H28N2O6S/c1-5-11-36-21-8-6-7-18(14-21)24-23(25(33)19-9-10-22-20(13-19)12-15(2)37-22)26(34)28(35)31(24)29-30-16(3)27(38-29)17(4)32/h6-10,13-15,24,33H,5,11-12H2,1-4H3/b25-23-. The van der Waals surface area contributed by atoms with Crippen molar-refractivity contribution in [2.75, 3.05) is 11.5 Å². The summed E-state index contributed by atoms with van der Waals surface area (Å²) >= 11 is 1.05. The van der Waals surface area contributed by atoms with Crippen molar-refractivity contribution in [3.8, 4) is 11.5 Å². The van der Waals surface area contributed by atoms with Crippen LogP contribution in [0.15, 0.2) is 48.0 Å². The van der Waals surface area contributed by atoms with Crippen LogP contribution in [0.1, 0.15) is 65.3 Å². The smallest absolute Gasteiger partial charge is 0.301 e. The number of aryl methyl sites for hydroxylation is 1. The Hall–Kier alpha value is -3.98. The molecule has 8 nitrogen and oxygen atoms in total. The van der Waals surface area contributed by atoms with E-state index in [-0.39, 0.29) is 28.4 Å². The maximum Gasteiger partial charge on any atom is 0.301 e. The Morgan fingerprint density at radius 1 is 1.24 bits per heavy atom. The summed E-state index contributed by atoms with van der Waals surface area (Å²) in [4.78, 5) is 45.3. The zero-order valence-corrected chi connectivity index (χ0v) is 22.4. The number of fused-ring (bicyclic) bond motifs is 1. The molecule has 0 saturated carbocycles. The molecule has 0 aliphatic carbocycles. The summed E-state index contributed by atoms with van der Waals surface area (Å²) in [5, 5.41) is 11.7. The Kier molecular flexibility index (Phi) is 6.79. The predicted octanol–water partition coefficient (Wildman–Crippen LogP) is 5.39. The lowest BCUT2D eigenvalue weighted by Crippen LogP contribution is -2.29. The number of ketones is 2. The van der Waals surface area contributed by atoms with Crippen LogP contribution in [-0.4, -0.2) is 40.3 Å². The maximum absolute atomic E-state index is 13.5. The molecule has 2 aliphatic heterocycles. The molecule has 1 amide bonds. The number of Topliss-reactive ketones (excluding diaryl/α,β-unsaturated/α-hetero) is 2. The number of anilines is 1. The van der Waals surface area contributed by atoms with Crippen molar-refractivity contribution in [2.24, 2.45) is 0 Å². The fourth-order valence-electron chi connectivity index (χ4n) is 4.88. The van der Waals surface area contributed by atoms with Crippen LogP contribution in [0.2, 0.25) is 0 Å². The third kappa shape index (κ3) is 4.47. The molecule has 3 heterocycles. The number of aliphatic hydroxyl groups excluding tert-OH is 1. The highest BCUT2D eigenvalue weighted by atomic mass is 32.1. The highest BCUT2D eigenvalue weighted by Crippen LogP contribution is 2.45. The first kappa shape index (κ1) is 25.7. The van der Waals surface area contributed by atoms with Gasteiger partial charge in [0.25, 0.3) is 5.78 Å². The van der Waals surface area contributed by atoms with E-state index in [1.165, 1.54) is 11.8 Å². The van der Waals surface area contributed by atoms with Gasteiger partial charge in [-0.05, 0) is 61.7 Å². The number of thiazole rings is 1. The van der Waals surface area contributed by atoms with E-state index in [0.29, 0.717) is 40.5 Å². The van der Waals surface area contributed by atoms with Crippen molar-refractivity contribution < 1.29 is 29.0 Å². The zero-order valence-electron chi connectivity index (χ0n) is 21.6. The molecule has 1 saturated heterocycles. The van der Waals surface area contributed by atoms with E-state index in [1.54, 1.807) is 49.4 Å². The topological polar surface area (TPSA) is 106 Å². The highest BCUT2D eigenvalue weighted by molar-refractivity contribution is 7.18. The lowest BCUT2D eigenvalue weighted by atomic mass is 9.94. The number of carbonyl (C=O) groups excluding carboxylic acids is 3. The third-order valence-electron chi connectivity index (χ3n) is 6.57. The van der Waals surface area contributed by atoms with E-state index in [1.807, 2.05) is 13.8 Å². The van der Waals surface area contributed by atoms with E-state index in [9.17, 15) is 19.5 Å². The molecule has 0 bridgehead atoms. The number of carbonyl (C=O) groups is 3. The van der Waals surface area contributed by atoms with Gasteiger partial charge in [0.15, 0.2) is 10.9 Å². The molecule has 38 heavy (non-hydrogen) atoms. The van der Waals surface area contributed by atoms with Gasteiger partial charge in [-0.15, -0.1) is 0 Å². The zero-order chi connectivity index (χ0) is 27.1. The Labute approximate surface area is 224 Å². The Morgan fingerprint density at radius 3 is 2.74 bits per heavy atom. The van der Waals surface area contributed by atoms with Crippen molar-refractivity contribution in [1.29, 1.82) is 0 Å². The van der Waals surface area contributed by atoms with E-state index in [0.717, 1.165) is 29.1 Å². The van der Waals surface area contributed by atoms with E-state index in [4.69, 9.17) is 9.47 Å². The van der Waals surface area contributed by atoms with Gasteiger partial charge in [-0.2, -0.15) is 0 Å². The van der Waals surface area contributed by atoms with E-state index < -0.39 is 17.7 Å². The first-order valence-electron chi connectivity index (χ1n) is 12.5. The van der Waals surface area contributed by atoms with Gasteiger partial charge in [0.05, 0.1) is 28.8 Å². The number of rotatable bonds is 7. The molecule has 1 N–H and O–H groups in total. The van der Waals surface area contributed by atoms with Gasteiger partial charge in [-0.3, -0.25) is 19.3 Å². The lowest BCUT2D eigenvalue weighted by Gasteiger charge is -2.23. The number of benzene rings is 2. The normalized spacial score (nSPS) is 19.9. The van der Waals surface area contributed by atoms with Gasteiger partial charge in [0.2, 0.25) is 0 Å². The van der Waals surface area contributed by atoms with Gasteiger partial charge >= 0.3 is 5.91 Å². The van der Waals surface area contributed by atoms with Crippen LogP contribution in [0, 0.1) is 6.92 Å².